The zero-order valence-electron chi connectivity index (χ0n) is 9.02. The van der Waals surface area contributed by atoms with E-state index < -0.39 is 0 Å². The van der Waals surface area contributed by atoms with Gasteiger partial charge in [0, 0.05) is 18.4 Å². The second-order valence-corrected chi connectivity index (χ2v) is 4.15. The fraction of sp³-hybridized carbons (Fsp3) is 0.636. The van der Waals surface area contributed by atoms with Crippen molar-refractivity contribution in [1.82, 2.24) is 9.97 Å². The topological polar surface area (TPSA) is 61.0 Å². The third-order valence-corrected chi connectivity index (χ3v) is 2.77. The Bertz CT molecular complexity index is 312. The molecule has 1 fully saturated rings. The SMILES string of the molecule is Cc1cnc(O[C@@H]2CCCC[C@H]2N)nc1. The molecule has 0 spiro atoms. The Balaban J connectivity index is 1.98. The van der Waals surface area contributed by atoms with Gasteiger partial charge in [0.15, 0.2) is 0 Å². The second kappa shape index (κ2) is 4.57. The van der Waals surface area contributed by atoms with Crippen LogP contribution in [0.3, 0.4) is 0 Å². The predicted molar refractivity (Wildman–Crippen MR) is 57.6 cm³/mol. The number of nitrogens with zero attached hydrogens (tertiary/aromatic N) is 2. The Morgan fingerprint density at radius 2 is 1.93 bits per heavy atom. The lowest BCUT2D eigenvalue weighted by Gasteiger charge is -2.27. The summed E-state index contributed by atoms with van der Waals surface area (Å²) in [6, 6.07) is 0.576. The van der Waals surface area contributed by atoms with Gasteiger partial charge in [-0.15, -0.1) is 0 Å². The summed E-state index contributed by atoms with van der Waals surface area (Å²) in [4.78, 5) is 8.24. The zero-order chi connectivity index (χ0) is 10.7. The number of rotatable bonds is 2. The summed E-state index contributed by atoms with van der Waals surface area (Å²) in [5.74, 6) is 0. The Morgan fingerprint density at radius 3 is 2.60 bits per heavy atom. The first-order valence-corrected chi connectivity index (χ1v) is 5.46. The molecule has 1 aromatic rings. The van der Waals surface area contributed by atoms with Crippen LogP contribution in [0.15, 0.2) is 12.4 Å². The Morgan fingerprint density at radius 1 is 1.27 bits per heavy atom. The largest absolute Gasteiger partial charge is 0.458 e. The molecule has 1 aliphatic carbocycles. The summed E-state index contributed by atoms with van der Waals surface area (Å²) in [5, 5.41) is 0. The zero-order valence-corrected chi connectivity index (χ0v) is 9.02. The van der Waals surface area contributed by atoms with E-state index in [9.17, 15) is 0 Å². The van der Waals surface area contributed by atoms with E-state index in [1.54, 1.807) is 12.4 Å². The number of aryl methyl sites for hydroxylation is 1. The minimum Gasteiger partial charge on any atom is -0.458 e. The number of nitrogens with two attached hydrogens (primary N) is 1. The van der Waals surface area contributed by atoms with Crippen LogP contribution in [0.4, 0.5) is 0 Å². The van der Waals surface area contributed by atoms with Crippen LogP contribution >= 0.6 is 0 Å². The normalized spacial score (nSPS) is 26.3. The van der Waals surface area contributed by atoms with Crippen LogP contribution in [0.25, 0.3) is 0 Å². The van der Waals surface area contributed by atoms with Crippen LogP contribution in [0.5, 0.6) is 6.01 Å². The van der Waals surface area contributed by atoms with Gasteiger partial charge in [-0.25, -0.2) is 9.97 Å². The van der Waals surface area contributed by atoms with Gasteiger partial charge in [-0.3, -0.25) is 0 Å². The number of aromatic nitrogens is 2. The summed E-state index contributed by atoms with van der Waals surface area (Å²) in [5.41, 5.74) is 7.01. The van der Waals surface area contributed by atoms with Crippen molar-refractivity contribution in [2.75, 3.05) is 0 Å². The highest BCUT2D eigenvalue weighted by Crippen LogP contribution is 2.20. The van der Waals surface area contributed by atoms with Crippen molar-refractivity contribution in [3.63, 3.8) is 0 Å². The first-order valence-electron chi connectivity index (χ1n) is 5.46. The first kappa shape index (κ1) is 10.4. The molecule has 0 bridgehead atoms. The molecule has 2 atom stereocenters. The Hall–Kier alpha value is -1.16. The Kier molecular flexibility index (Phi) is 3.16. The smallest absolute Gasteiger partial charge is 0.316 e. The van der Waals surface area contributed by atoms with Crippen LogP contribution in [0.1, 0.15) is 31.2 Å². The fourth-order valence-electron chi connectivity index (χ4n) is 1.85. The van der Waals surface area contributed by atoms with Crippen LogP contribution in [0.2, 0.25) is 0 Å². The lowest BCUT2D eigenvalue weighted by Crippen LogP contribution is -2.41. The van der Waals surface area contributed by atoms with E-state index in [2.05, 4.69) is 9.97 Å². The number of ether oxygens (including phenoxy) is 1. The van der Waals surface area contributed by atoms with Crippen molar-refractivity contribution in [3.05, 3.63) is 18.0 Å². The minimum absolute atomic E-state index is 0.0847. The van der Waals surface area contributed by atoms with Crippen LogP contribution < -0.4 is 10.5 Å². The summed E-state index contributed by atoms with van der Waals surface area (Å²) in [6.07, 6.45) is 8.05. The van der Waals surface area contributed by atoms with E-state index >= 15 is 0 Å². The van der Waals surface area contributed by atoms with Gasteiger partial charge in [0.05, 0.1) is 0 Å². The predicted octanol–water partition coefficient (Wildman–Crippen LogP) is 1.43. The van der Waals surface area contributed by atoms with E-state index in [4.69, 9.17) is 10.5 Å². The molecular formula is C11H17N3O. The summed E-state index contributed by atoms with van der Waals surface area (Å²) >= 11 is 0. The molecule has 2 N–H and O–H groups in total. The molecule has 0 aliphatic heterocycles. The molecule has 0 saturated heterocycles. The van der Waals surface area contributed by atoms with E-state index in [-0.39, 0.29) is 12.1 Å². The average Bonchev–Trinajstić information content (AvgIpc) is 2.25. The van der Waals surface area contributed by atoms with Gasteiger partial charge in [-0.1, -0.05) is 6.42 Å². The highest BCUT2D eigenvalue weighted by Gasteiger charge is 2.23. The molecule has 4 heteroatoms. The van der Waals surface area contributed by atoms with E-state index in [1.165, 1.54) is 12.8 Å². The van der Waals surface area contributed by atoms with E-state index in [0.29, 0.717) is 6.01 Å². The van der Waals surface area contributed by atoms with Gasteiger partial charge in [-0.05, 0) is 31.7 Å². The summed E-state index contributed by atoms with van der Waals surface area (Å²) in [6.45, 7) is 1.95. The standard InChI is InChI=1S/C11H17N3O/c1-8-6-13-11(14-7-8)15-10-5-3-2-4-9(10)12/h6-7,9-10H,2-5,12H2,1H3/t9-,10-/m1/s1. The fourth-order valence-corrected chi connectivity index (χ4v) is 1.85. The Labute approximate surface area is 89.9 Å². The molecule has 0 aromatic carbocycles. The van der Waals surface area contributed by atoms with Crippen LogP contribution in [-0.2, 0) is 0 Å². The van der Waals surface area contributed by atoms with Crippen molar-refractivity contribution in [2.45, 2.75) is 44.8 Å². The summed E-state index contributed by atoms with van der Waals surface area (Å²) in [7, 11) is 0. The van der Waals surface area contributed by atoms with E-state index in [1.807, 2.05) is 6.92 Å². The molecule has 1 heterocycles. The van der Waals surface area contributed by atoms with Crippen molar-refractivity contribution in [2.24, 2.45) is 5.73 Å². The minimum atomic E-state index is 0.0847. The third kappa shape index (κ3) is 2.65. The van der Waals surface area contributed by atoms with Gasteiger partial charge in [0.2, 0.25) is 0 Å². The lowest BCUT2D eigenvalue weighted by molar-refractivity contribution is 0.120. The van der Waals surface area contributed by atoms with Crippen LogP contribution in [-0.4, -0.2) is 22.1 Å². The summed E-state index contributed by atoms with van der Waals surface area (Å²) < 4.78 is 5.68. The molecule has 0 unspecified atom stereocenters. The lowest BCUT2D eigenvalue weighted by atomic mass is 9.93. The van der Waals surface area contributed by atoms with Crippen LogP contribution in [0, 0.1) is 6.92 Å². The molecule has 0 amide bonds. The van der Waals surface area contributed by atoms with E-state index in [0.717, 1.165) is 18.4 Å². The molecule has 82 valence electrons. The molecular weight excluding hydrogens is 190 g/mol. The van der Waals surface area contributed by atoms with Gasteiger partial charge in [0.25, 0.3) is 0 Å². The monoisotopic (exact) mass is 207 g/mol. The molecule has 2 rings (SSSR count). The second-order valence-electron chi connectivity index (χ2n) is 4.15. The van der Waals surface area contributed by atoms with Crippen molar-refractivity contribution >= 4 is 0 Å². The van der Waals surface area contributed by atoms with Crippen molar-refractivity contribution in [3.8, 4) is 6.01 Å². The molecule has 4 nitrogen and oxygen atoms in total. The molecule has 0 radical (unpaired) electrons. The van der Waals surface area contributed by atoms with Crippen molar-refractivity contribution < 1.29 is 4.74 Å². The highest BCUT2D eigenvalue weighted by atomic mass is 16.5. The number of hydrogen-bond donors (Lipinski definition) is 1. The first-order chi connectivity index (χ1) is 7.25. The molecule has 15 heavy (non-hydrogen) atoms. The third-order valence-electron chi connectivity index (χ3n) is 2.77. The van der Waals surface area contributed by atoms with Crippen molar-refractivity contribution in [1.29, 1.82) is 0 Å². The molecule has 1 aliphatic rings. The number of hydrogen-bond acceptors (Lipinski definition) is 4. The maximum atomic E-state index is 5.98. The average molecular weight is 207 g/mol. The quantitative estimate of drug-likeness (QED) is 0.797. The van der Waals surface area contributed by atoms with Gasteiger partial charge < -0.3 is 10.5 Å². The van der Waals surface area contributed by atoms with Gasteiger partial charge in [0.1, 0.15) is 6.10 Å². The van der Waals surface area contributed by atoms with Gasteiger partial charge >= 0.3 is 6.01 Å². The van der Waals surface area contributed by atoms with Gasteiger partial charge in [-0.2, -0.15) is 0 Å². The maximum Gasteiger partial charge on any atom is 0.316 e. The molecule has 1 saturated carbocycles. The highest BCUT2D eigenvalue weighted by molar-refractivity contribution is 5.05. The maximum absolute atomic E-state index is 5.98. The molecule has 1 aromatic heterocycles.